The van der Waals surface area contributed by atoms with Crippen LogP contribution in [0.5, 0.6) is 5.88 Å². The molecule has 1 aromatic carbocycles. The van der Waals surface area contributed by atoms with Gasteiger partial charge in [-0.25, -0.2) is 0 Å². The Morgan fingerprint density at radius 3 is 2.86 bits per heavy atom. The number of aliphatic hydroxyl groups is 1. The van der Waals surface area contributed by atoms with E-state index in [-0.39, 0.29) is 19.0 Å². The van der Waals surface area contributed by atoms with E-state index in [1.165, 1.54) is 6.07 Å². The summed E-state index contributed by atoms with van der Waals surface area (Å²) in [5.41, 5.74) is 0.486. The lowest BCUT2D eigenvalue weighted by Gasteiger charge is -2.14. The Morgan fingerprint density at radius 2 is 2.23 bits per heavy atom. The van der Waals surface area contributed by atoms with E-state index in [1.807, 2.05) is 0 Å². The van der Waals surface area contributed by atoms with Crippen LogP contribution in [0.15, 0.2) is 28.8 Å². The number of nitrogens with zero attached hydrogens (tertiary/aromatic N) is 1. The molecular formula is C14H14Cl2N2O4. The first-order chi connectivity index (χ1) is 10.5. The van der Waals surface area contributed by atoms with Crippen molar-refractivity contribution in [3.05, 3.63) is 45.6 Å². The molecule has 22 heavy (non-hydrogen) atoms. The number of carbonyl (C=O) groups is 1. The molecule has 1 amide bonds. The fourth-order valence-corrected chi connectivity index (χ4v) is 2.23. The molecule has 2 aromatic rings. The van der Waals surface area contributed by atoms with E-state index in [2.05, 4.69) is 10.5 Å². The number of carbonyl (C=O) groups excluding carboxylic acids is 1. The van der Waals surface area contributed by atoms with Crippen LogP contribution in [0.1, 0.15) is 17.4 Å². The Labute approximate surface area is 137 Å². The van der Waals surface area contributed by atoms with Crippen molar-refractivity contribution in [2.24, 2.45) is 0 Å². The predicted octanol–water partition coefficient (Wildman–Crippen LogP) is 2.52. The van der Waals surface area contributed by atoms with Crippen LogP contribution in [0.4, 0.5) is 0 Å². The predicted molar refractivity (Wildman–Crippen MR) is 81.2 cm³/mol. The second-order valence-corrected chi connectivity index (χ2v) is 5.39. The summed E-state index contributed by atoms with van der Waals surface area (Å²) >= 11 is 11.8. The zero-order chi connectivity index (χ0) is 16.1. The maximum Gasteiger partial charge on any atom is 0.258 e. The molecule has 0 fully saturated rings. The van der Waals surface area contributed by atoms with Crippen LogP contribution >= 0.6 is 23.2 Å². The Balaban J connectivity index is 1.80. The van der Waals surface area contributed by atoms with E-state index in [4.69, 9.17) is 32.5 Å². The summed E-state index contributed by atoms with van der Waals surface area (Å²) < 4.78 is 9.93. The molecule has 0 aliphatic rings. The van der Waals surface area contributed by atoms with Gasteiger partial charge in [-0.1, -0.05) is 29.3 Å². The molecule has 1 atom stereocenters. The van der Waals surface area contributed by atoms with Gasteiger partial charge in [-0.15, -0.1) is 0 Å². The molecule has 8 heteroatoms. The molecule has 2 N–H and O–H groups in total. The van der Waals surface area contributed by atoms with Crippen LogP contribution in [0, 0.1) is 6.92 Å². The molecule has 0 radical (unpaired) electrons. The second-order valence-electron chi connectivity index (χ2n) is 4.55. The number of hydrogen-bond acceptors (Lipinski definition) is 5. The van der Waals surface area contributed by atoms with Crippen LogP contribution in [0.2, 0.25) is 10.0 Å². The summed E-state index contributed by atoms with van der Waals surface area (Å²) in [5.74, 6) is 0.418. The number of aromatic nitrogens is 1. The first-order valence-corrected chi connectivity index (χ1v) is 7.17. The number of nitrogens with one attached hydrogen (secondary N) is 1. The fourth-order valence-electron chi connectivity index (χ4n) is 1.69. The zero-order valence-electron chi connectivity index (χ0n) is 11.7. The zero-order valence-corrected chi connectivity index (χ0v) is 13.2. The highest BCUT2D eigenvalue weighted by molar-refractivity contribution is 6.35. The Bertz CT molecular complexity index is 660. The average Bonchev–Trinajstić information content (AvgIpc) is 2.88. The molecular weight excluding hydrogens is 331 g/mol. The van der Waals surface area contributed by atoms with Gasteiger partial charge in [0.15, 0.2) is 6.61 Å². The SMILES string of the molecule is Cc1cc(OCC(=O)NC[C@@H](O)c2ccc(Cl)cc2Cl)no1. The van der Waals surface area contributed by atoms with Crippen molar-refractivity contribution in [1.82, 2.24) is 10.5 Å². The van der Waals surface area contributed by atoms with Gasteiger partial charge >= 0.3 is 0 Å². The minimum Gasteiger partial charge on any atom is -0.465 e. The van der Waals surface area contributed by atoms with Gasteiger partial charge in [0, 0.05) is 28.2 Å². The molecule has 0 saturated heterocycles. The number of benzene rings is 1. The fraction of sp³-hybridized carbons (Fsp3) is 0.286. The van der Waals surface area contributed by atoms with Gasteiger partial charge in [-0.05, 0) is 24.2 Å². The normalized spacial score (nSPS) is 12.0. The summed E-state index contributed by atoms with van der Waals surface area (Å²) in [6, 6.07) is 6.31. The molecule has 1 heterocycles. The van der Waals surface area contributed by atoms with Crippen molar-refractivity contribution < 1.29 is 19.2 Å². The lowest BCUT2D eigenvalue weighted by Crippen LogP contribution is -2.32. The van der Waals surface area contributed by atoms with Crippen LogP contribution in [0.3, 0.4) is 0 Å². The molecule has 2 rings (SSSR count). The number of amides is 1. The Morgan fingerprint density at radius 1 is 1.45 bits per heavy atom. The van der Waals surface area contributed by atoms with Gasteiger partial charge in [-0.2, -0.15) is 0 Å². The van der Waals surface area contributed by atoms with Gasteiger partial charge in [0.1, 0.15) is 5.76 Å². The monoisotopic (exact) mass is 344 g/mol. The maximum atomic E-state index is 11.6. The highest BCUT2D eigenvalue weighted by Gasteiger charge is 2.14. The van der Waals surface area contributed by atoms with Gasteiger partial charge < -0.3 is 19.7 Å². The smallest absolute Gasteiger partial charge is 0.258 e. The van der Waals surface area contributed by atoms with Gasteiger partial charge in [-0.3, -0.25) is 4.79 Å². The van der Waals surface area contributed by atoms with E-state index >= 15 is 0 Å². The Kier molecular flexibility index (Phi) is 5.65. The number of aryl methyl sites for hydroxylation is 1. The van der Waals surface area contributed by atoms with E-state index in [0.29, 0.717) is 21.4 Å². The minimum atomic E-state index is -0.942. The van der Waals surface area contributed by atoms with Crippen LogP contribution < -0.4 is 10.1 Å². The molecule has 0 aliphatic heterocycles. The third-order valence-electron chi connectivity index (χ3n) is 2.77. The van der Waals surface area contributed by atoms with Gasteiger partial charge in [0.25, 0.3) is 11.8 Å². The molecule has 0 spiro atoms. The number of hydrogen-bond donors (Lipinski definition) is 2. The quantitative estimate of drug-likeness (QED) is 0.840. The molecule has 0 saturated carbocycles. The van der Waals surface area contributed by atoms with Gasteiger partial charge in [0.2, 0.25) is 0 Å². The summed E-state index contributed by atoms with van der Waals surface area (Å²) in [5, 5.41) is 17.0. The Hall–Kier alpha value is -1.76. The van der Waals surface area contributed by atoms with E-state index in [1.54, 1.807) is 25.1 Å². The first-order valence-electron chi connectivity index (χ1n) is 6.41. The summed E-state index contributed by atoms with van der Waals surface area (Å²) in [4.78, 5) is 11.6. The first kappa shape index (κ1) is 16.6. The molecule has 118 valence electrons. The second kappa shape index (κ2) is 7.49. The number of ether oxygens (including phenoxy) is 1. The molecule has 0 unspecified atom stereocenters. The summed E-state index contributed by atoms with van der Waals surface area (Å²) in [6.07, 6.45) is -0.942. The van der Waals surface area contributed by atoms with E-state index in [0.717, 1.165) is 0 Å². The average molecular weight is 345 g/mol. The van der Waals surface area contributed by atoms with Crippen LogP contribution in [-0.2, 0) is 4.79 Å². The van der Waals surface area contributed by atoms with E-state index in [9.17, 15) is 9.90 Å². The lowest BCUT2D eigenvalue weighted by atomic mass is 10.1. The topological polar surface area (TPSA) is 84.6 Å². The minimum absolute atomic E-state index is 0.00138. The lowest BCUT2D eigenvalue weighted by molar-refractivity contribution is -0.123. The van der Waals surface area contributed by atoms with E-state index < -0.39 is 12.0 Å². The summed E-state index contributed by atoms with van der Waals surface area (Å²) in [6.45, 7) is 1.49. The van der Waals surface area contributed by atoms with Crippen molar-refractivity contribution in [2.75, 3.05) is 13.2 Å². The summed E-state index contributed by atoms with van der Waals surface area (Å²) in [7, 11) is 0. The van der Waals surface area contributed by atoms with Crippen LogP contribution in [0.25, 0.3) is 0 Å². The highest BCUT2D eigenvalue weighted by atomic mass is 35.5. The number of rotatable bonds is 6. The van der Waals surface area contributed by atoms with Crippen LogP contribution in [-0.4, -0.2) is 29.3 Å². The molecule has 0 bridgehead atoms. The van der Waals surface area contributed by atoms with Gasteiger partial charge in [0.05, 0.1) is 6.10 Å². The van der Waals surface area contributed by atoms with Crippen molar-refractivity contribution in [3.8, 4) is 5.88 Å². The molecule has 0 aliphatic carbocycles. The molecule has 6 nitrogen and oxygen atoms in total. The molecule has 1 aromatic heterocycles. The number of halogens is 2. The third-order valence-corrected chi connectivity index (χ3v) is 3.33. The maximum absolute atomic E-state index is 11.6. The van der Waals surface area contributed by atoms with Crippen molar-refractivity contribution >= 4 is 29.1 Å². The standard InChI is InChI=1S/C14H14Cl2N2O4/c1-8-4-14(18-22-8)21-7-13(20)17-6-12(19)10-3-2-9(15)5-11(10)16/h2-5,12,19H,6-7H2,1H3,(H,17,20)/t12-/m1/s1. The van der Waals surface area contributed by atoms with Crippen molar-refractivity contribution in [1.29, 1.82) is 0 Å². The number of aliphatic hydroxyl groups excluding tert-OH is 1. The largest absolute Gasteiger partial charge is 0.465 e. The van der Waals surface area contributed by atoms with Crippen molar-refractivity contribution in [2.45, 2.75) is 13.0 Å². The third kappa shape index (κ3) is 4.62. The highest BCUT2D eigenvalue weighted by Crippen LogP contribution is 2.25. The van der Waals surface area contributed by atoms with Crippen molar-refractivity contribution in [3.63, 3.8) is 0 Å².